The maximum Gasteiger partial charge on any atom is 0.339 e. The number of rotatable bonds is 3. The van der Waals surface area contributed by atoms with Gasteiger partial charge in [-0.3, -0.25) is 9.78 Å². The van der Waals surface area contributed by atoms with E-state index in [2.05, 4.69) is 9.72 Å². The molecule has 0 aromatic carbocycles. The van der Waals surface area contributed by atoms with E-state index in [1.165, 1.54) is 23.9 Å². The van der Waals surface area contributed by atoms with Crippen LogP contribution in [0.15, 0.2) is 41.5 Å². The smallest absolute Gasteiger partial charge is 0.339 e. The van der Waals surface area contributed by atoms with Crippen LogP contribution in [-0.2, 0) is 11.3 Å². The summed E-state index contributed by atoms with van der Waals surface area (Å²) >= 11 is 0. The first-order valence-electron chi connectivity index (χ1n) is 5.78. The molecule has 2 aromatic rings. The molecule has 0 spiro atoms. The predicted octanol–water partition coefficient (Wildman–Crippen LogP) is 0.950. The van der Waals surface area contributed by atoms with Crippen LogP contribution in [0.25, 0.3) is 0 Å². The average Bonchev–Trinajstić information content (AvgIpc) is 2.49. The fourth-order valence-corrected chi connectivity index (χ4v) is 1.68. The predicted molar refractivity (Wildman–Crippen MR) is 70.1 cm³/mol. The molecule has 0 unspecified atom stereocenters. The van der Waals surface area contributed by atoms with Crippen LogP contribution in [0.4, 0.5) is 0 Å². The van der Waals surface area contributed by atoms with Gasteiger partial charge < -0.3 is 9.30 Å². The topological polar surface area (TPSA) is 85.0 Å². The van der Waals surface area contributed by atoms with Gasteiger partial charge in [-0.2, -0.15) is 5.26 Å². The normalized spacial score (nSPS) is 9.80. The van der Waals surface area contributed by atoms with Gasteiger partial charge in [-0.05, 0) is 24.3 Å². The molecule has 0 aliphatic rings. The first kappa shape index (κ1) is 13.5. The number of aromatic nitrogens is 2. The Labute approximate surface area is 114 Å². The van der Waals surface area contributed by atoms with Crippen molar-refractivity contribution in [3.63, 3.8) is 0 Å². The van der Waals surface area contributed by atoms with Crippen LogP contribution in [-0.4, -0.2) is 22.6 Å². The molecule has 0 amide bonds. The Bertz CT molecular complexity index is 727. The van der Waals surface area contributed by atoms with Crippen LogP contribution >= 0.6 is 0 Å². The van der Waals surface area contributed by atoms with Gasteiger partial charge in [0.1, 0.15) is 11.6 Å². The van der Waals surface area contributed by atoms with E-state index in [0.29, 0.717) is 11.3 Å². The molecule has 0 atom stereocenters. The van der Waals surface area contributed by atoms with Gasteiger partial charge in [-0.25, -0.2) is 4.79 Å². The van der Waals surface area contributed by atoms with Crippen LogP contribution in [0.1, 0.15) is 21.6 Å². The van der Waals surface area contributed by atoms with Gasteiger partial charge in [0.05, 0.1) is 24.9 Å². The average molecular weight is 269 g/mol. The molecule has 2 aromatic heterocycles. The zero-order chi connectivity index (χ0) is 14.5. The summed E-state index contributed by atoms with van der Waals surface area (Å²) in [5.74, 6) is -0.465. The Balaban J connectivity index is 2.25. The Morgan fingerprint density at radius 2 is 2.25 bits per heavy atom. The zero-order valence-electron chi connectivity index (χ0n) is 10.7. The van der Waals surface area contributed by atoms with Crippen molar-refractivity contribution in [2.75, 3.05) is 7.11 Å². The van der Waals surface area contributed by atoms with E-state index in [1.807, 2.05) is 6.07 Å². The van der Waals surface area contributed by atoms with Gasteiger partial charge in [0.25, 0.3) is 5.56 Å². The van der Waals surface area contributed by atoms with Crippen molar-refractivity contribution in [1.82, 2.24) is 9.55 Å². The summed E-state index contributed by atoms with van der Waals surface area (Å²) in [4.78, 5) is 27.2. The highest BCUT2D eigenvalue weighted by atomic mass is 16.5. The number of esters is 1. The molecular weight excluding hydrogens is 258 g/mol. The minimum atomic E-state index is -0.465. The summed E-state index contributed by atoms with van der Waals surface area (Å²) in [5.41, 5.74) is 0.664. The Kier molecular flexibility index (Phi) is 3.91. The molecule has 0 aliphatic carbocycles. The molecule has 0 saturated carbocycles. The molecule has 100 valence electrons. The molecule has 0 bridgehead atoms. The lowest BCUT2D eigenvalue weighted by molar-refractivity contribution is 0.0600. The molecular formula is C14H11N3O3. The highest BCUT2D eigenvalue weighted by Crippen LogP contribution is 2.03. The highest BCUT2D eigenvalue weighted by molar-refractivity contribution is 5.88. The first-order chi connectivity index (χ1) is 9.65. The van der Waals surface area contributed by atoms with Crippen LogP contribution in [0.2, 0.25) is 0 Å². The van der Waals surface area contributed by atoms with E-state index in [1.54, 1.807) is 24.4 Å². The lowest BCUT2D eigenvalue weighted by Crippen LogP contribution is -2.22. The number of carbonyl (C=O) groups is 1. The fraction of sp³-hybridized carbons (Fsp3) is 0.143. The number of hydrogen-bond donors (Lipinski definition) is 0. The second-order valence-electron chi connectivity index (χ2n) is 4.00. The molecule has 6 heteroatoms. The molecule has 6 nitrogen and oxygen atoms in total. The minimum absolute atomic E-state index is 0.0821. The maximum absolute atomic E-state index is 11.9. The van der Waals surface area contributed by atoms with Crippen LogP contribution in [0.3, 0.4) is 0 Å². The van der Waals surface area contributed by atoms with E-state index >= 15 is 0 Å². The van der Waals surface area contributed by atoms with Crippen molar-refractivity contribution in [3.05, 3.63) is 63.8 Å². The Hall–Kier alpha value is -2.94. The largest absolute Gasteiger partial charge is 0.465 e. The quantitative estimate of drug-likeness (QED) is 0.774. The van der Waals surface area contributed by atoms with Crippen molar-refractivity contribution < 1.29 is 9.53 Å². The summed E-state index contributed by atoms with van der Waals surface area (Å²) < 4.78 is 5.96. The highest BCUT2D eigenvalue weighted by Gasteiger charge is 2.07. The molecule has 0 saturated heterocycles. The van der Waals surface area contributed by atoms with Crippen LogP contribution < -0.4 is 5.56 Å². The number of methoxy groups -OCH3 is 1. The second-order valence-corrected chi connectivity index (χ2v) is 4.00. The molecule has 0 N–H and O–H groups in total. The first-order valence-corrected chi connectivity index (χ1v) is 5.78. The lowest BCUT2D eigenvalue weighted by atomic mass is 10.2. The zero-order valence-corrected chi connectivity index (χ0v) is 10.7. The summed E-state index contributed by atoms with van der Waals surface area (Å²) in [6, 6.07) is 8.14. The standard InChI is InChI=1S/C14H11N3O3/c1-20-14(19)11-4-5-12(16-8-11)9-17-6-2-3-10(7-15)13(17)18/h2-6,8H,9H2,1H3. The molecule has 0 radical (unpaired) electrons. The van der Waals surface area contributed by atoms with Crippen molar-refractivity contribution in [2.45, 2.75) is 6.54 Å². The van der Waals surface area contributed by atoms with Crippen LogP contribution in [0, 0.1) is 11.3 Å². The Morgan fingerprint density at radius 1 is 1.45 bits per heavy atom. The number of nitrogens with zero attached hydrogens (tertiary/aromatic N) is 3. The number of hydrogen-bond acceptors (Lipinski definition) is 5. The van der Waals surface area contributed by atoms with E-state index in [4.69, 9.17) is 5.26 Å². The second kappa shape index (κ2) is 5.80. The van der Waals surface area contributed by atoms with E-state index in [9.17, 15) is 9.59 Å². The molecule has 2 heterocycles. The number of nitriles is 1. The van der Waals surface area contributed by atoms with E-state index in [0.717, 1.165) is 0 Å². The number of carbonyl (C=O) groups excluding carboxylic acids is 1. The Morgan fingerprint density at radius 3 is 2.85 bits per heavy atom. The van der Waals surface area contributed by atoms with E-state index in [-0.39, 0.29) is 17.7 Å². The van der Waals surface area contributed by atoms with Crippen molar-refractivity contribution in [1.29, 1.82) is 5.26 Å². The van der Waals surface area contributed by atoms with Gasteiger partial charge in [-0.1, -0.05) is 0 Å². The molecule has 2 rings (SSSR count). The third kappa shape index (κ3) is 2.72. The van der Waals surface area contributed by atoms with Gasteiger partial charge in [0.15, 0.2) is 0 Å². The lowest BCUT2D eigenvalue weighted by Gasteiger charge is -2.05. The number of pyridine rings is 2. The monoisotopic (exact) mass is 269 g/mol. The van der Waals surface area contributed by atoms with Crippen molar-refractivity contribution >= 4 is 5.97 Å². The van der Waals surface area contributed by atoms with Gasteiger partial charge in [0, 0.05) is 12.4 Å². The third-order valence-electron chi connectivity index (χ3n) is 2.72. The number of ether oxygens (including phenoxy) is 1. The SMILES string of the molecule is COC(=O)c1ccc(Cn2cccc(C#N)c2=O)nc1. The van der Waals surface area contributed by atoms with E-state index < -0.39 is 5.97 Å². The van der Waals surface area contributed by atoms with Gasteiger partial charge in [0.2, 0.25) is 0 Å². The summed E-state index contributed by atoms with van der Waals surface area (Å²) in [5, 5.41) is 8.80. The molecule has 0 fully saturated rings. The summed E-state index contributed by atoms with van der Waals surface area (Å²) in [6.07, 6.45) is 2.97. The van der Waals surface area contributed by atoms with Gasteiger partial charge >= 0.3 is 5.97 Å². The minimum Gasteiger partial charge on any atom is -0.465 e. The molecule has 20 heavy (non-hydrogen) atoms. The molecule has 0 aliphatic heterocycles. The maximum atomic E-state index is 11.9. The third-order valence-corrected chi connectivity index (χ3v) is 2.72. The van der Waals surface area contributed by atoms with Crippen LogP contribution in [0.5, 0.6) is 0 Å². The summed E-state index contributed by atoms with van der Waals surface area (Å²) in [6.45, 7) is 0.232. The fourth-order valence-electron chi connectivity index (χ4n) is 1.68. The van der Waals surface area contributed by atoms with Crippen molar-refractivity contribution in [3.8, 4) is 6.07 Å². The van der Waals surface area contributed by atoms with Gasteiger partial charge in [-0.15, -0.1) is 0 Å². The van der Waals surface area contributed by atoms with Crippen molar-refractivity contribution in [2.24, 2.45) is 0 Å². The summed E-state index contributed by atoms with van der Waals surface area (Å²) in [7, 11) is 1.29.